The zero-order valence-corrected chi connectivity index (χ0v) is 10.6. The van der Waals surface area contributed by atoms with Crippen molar-refractivity contribution in [3.8, 4) is 0 Å². The Hall–Kier alpha value is -1.36. The summed E-state index contributed by atoms with van der Waals surface area (Å²) in [6.45, 7) is 5.99. The normalized spacial score (nSPS) is 11.4. The highest BCUT2D eigenvalue weighted by atomic mass is 16.3. The molecule has 0 aliphatic rings. The van der Waals surface area contributed by atoms with Crippen molar-refractivity contribution in [1.82, 2.24) is 9.97 Å². The van der Waals surface area contributed by atoms with Crippen LogP contribution in [-0.4, -0.2) is 41.3 Å². The molecule has 0 radical (unpaired) electrons. The van der Waals surface area contributed by atoms with Gasteiger partial charge in [-0.3, -0.25) is 0 Å². The third-order valence-electron chi connectivity index (χ3n) is 2.08. The molecule has 0 aromatic carbocycles. The van der Waals surface area contributed by atoms with Gasteiger partial charge in [0.05, 0.1) is 5.60 Å². The van der Waals surface area contributed by atoms with Crippen LogP contribution in [0, 0.1) is 6.92 Å². The molecule has 0 amide bonds. The first-order valence-electron chi connectivity index (χ1n) is 5.29. The van der Waals surface area contributed by atoms with E-state index < -0.39 is 5.60 Å². The van der Waals surface area contributed by atoms with E-state index in [0.717, 1.165) is 11.5 Å². The number of nitrogens with one attached hydrogen (secondary N) is 1. The average Bonchev–Trinajstić information content (AvgIpc) is 2.14. The first kappa shape index (κ1) is 12.7. The summed E-state index contributed by atoms with van der Waals surface area (Å²) in [6, 6.07) is 1.90. The van der Waals surface area contributed by atoms with Crippen LogP contribution in [0.5, 0.6) is 0 Å². The van der Waals surface area contributed by atoms with Gasteiger partial charge in [0.15, 0.2) is 0 Å². The van der Waals surface area contributed by atoms with E-state index in [9.17, 15) is 5.11 Å². The Labute approximate surface area is 96.5 Å². The predicted octanol–water partition coefficient (Wildman–Crippen LogP) is 1.03. The molecule has 0 atom stereocenters. The van der Waals surface area contributed by atoms with Gasteiger partial charge < -0.3 is 15.3 Å². The first-order valence-corrected chi connectivity index (χ1v) is 5.29. The molecule has 5 nitrogen and oxygen atoms in total. The van der Waals surface area contributed by atoms with Crippen molar-refractivity contribution in [2.24, 2.45) is 0 Å². The minimum atomic E-state index is -0.743. The van der Waals surface area contributed by atoms with Crippen molar-refractivity contribution >= 4 is 11.8 Å². The molecule has 0 saturated heterocycles. The molecule has 0 saturated carbocycles. The maximum Gasteiger partial charge on any atom is 0.224 e. The molecular formula is C11H20N4O. The zero-order valence-electron chi connectivity index (χ0n) is 10.6. The molecule has 5 heteroatoms. The van der Waals surface area contributed by atoms with Crippen molar-refractivity contribution in [3.05, 3.63) is 11.8 Å². The van der Waals surface area contributed by atoms with Crippen LogP contribution in [0.2, 0.25) is 0 Å². The monoisotopic (exact) mass is 224 g/mol. The smallest absolute Gasteiger partial charge is 0.224 e. The fourth-order valence-electron chi connectivity index (χ4n) is 1.52. The second-order valence-corrected chi connectivity index (χ2v) is 4.61. The Kier molecular flexibility index (Phi) is 3.70. The van der Waals surface area contributed by atoms with Gasteiger partial charge >= 0.3 is 0 Å². The Morgan fingerprint density at radius 3 is 2.56 bits per heavy atom. The van der Waals surface area contributed by atoms with Crippen molar-refractivity contribution in [2.45, 2.75) is 26.4 Å². The van der Waals surface area contributed by atoms with Crippen molar-refractivity contribution in [3.63, 3.8) is 0 Å². The molecule has 1 rings (SSSR count). The van der Waals surface area contributed by atoms with Crippen LogP contribution in [0.4, 0.5) is 11.8 Å². The number of nitrogens with zero attached hydrogens (tertiary/aromatic N) is 3. The van der Waals surface area contributed by atoms with E-state index in [1.165, 1.54) is 0 Å². The van der Waals surface area contributed by atoms with Gasteiger partial charge in [0.25, 0.3) is 0 Å². The van der Waals surface area contributed by atoms with E-state index in [1.807, 2.05) is 24.9 Å². The number of hydrogen-bond acceptors (Lipinski definition) is 5. The molecule has 0 spiro atoms. The maximum absolute atomic E-state index is 9.74. The molecule has 1 aromatic rings. The number of hydrogen-bond donors (Lipinski definition) is 2. The molecule has 0 aliphatic carbocycles. The number of anilines is 2. The fourth-order valence-corrected chi connectivity index (χ4v) is 1.52. The molecule has 1 aromatic heterocycles. The van der Waals surface area contributed by atoms with Crippen molar-refractivity contribution < 1.29 is 5.11 Å². The van der Waals surface area contributed by atoms with Crippen molar-refractivity contribution in [2.75, 3.05) is 30.9 Å². The molecule has 0 unspecified atom stereocenters. The van der Waals surface area contributed by atoms with Crippen LogP contribution in [0.25, 0.3) is 0 Å². The highest BCUT2D eigenvalue weighted by Crippen LogP contribution is 2.15. The highest BCUT2D eigenvalue weighted by molar-refractivity contribution is 5.44. The van der Waals surface area contributed by atoms with Crippen LogP contribution in [0.15, 0.2) is 6.07 Å². The van der Waals surface area contributed by atoms with Gasteiger partial charge in [0.1, 0.15) is 5.82 Å². The van der Waals surface area contributed by atoms with Gasteiger partial charge in [0, 0.05) is 32.4 Å². The van der Waals surface area contributed by atoms with E-state index in [-0.39, 0.29) is 0 Å². The zero-order chi connectivity index (χ0) is 12.3. The largest absolute Gasteiger partial charge is 0.389 e. The van der Waals surface area contributed by atoms with Crippen LogP contribution in [0.3, 0.4) is 0 Å². The lowest BCUT2D eigenvalue weighted by molar-refractivity contribution is 0.0884. The lowest BCUT2D eigenvalue weighted by atomic mass is 10.1. The minimum absolute atomic E-state index is 0.520. The summed E-state index contributed by atoms with van der Waals surface area (Å²) in [5.41, 5.74) is 0.157. The predicted molar refractivity (Wildman–Crippen MR) is 65.9 cm³/mol. The Morgan fingerprint density at radius 1 is 1.44 bits per heavy atom. The lowest BCUT2D eigenvalue weighted by Gasteiger charge is -2.26. The topological polar surface area (TPSA) is 61.3 Å². The molecule has 90 valence electrons. The van der Waals surface area contributed by atoms with Gasteiger partial charge in [-0.1, -0.05) is 0 Å². The summed E-state index contributed by atoms with van der Waals surface area (Å²) < 4.78 is 0. The summed E-state index contributed by atoms with van der Waals surface area (Å²) in [6.07, 6.45) is 0. The first-order chi connectivity index (χ1) is 7.31. The van der Waals surface area contributed by atoms with Crippen molar-refractivity contribution in [1.29, 1.82) is 0 Å². The Morgan fingerprint density at radius 2 is 2.06 bits per heavy atom. The standard InChI is InChI=1S/C11H20N4O/c1-8-6-9(14-10(12-4)13-8)15(5)7-11(2,3)16/h6,16H,7H2,1-5H3,(H,12,13,14). The van der Waals surface area contributed by atoms with Gasteiger partial charge in [-0.05, 0) is 20.8 Å². The molecule has 0 fully saturated rings. The molecule has 0 bridgehead atoms. The number of rotatable bonds is 4. The molecule has 16 heavy (non-hydrogen) atoms. The van der Waals surface area contributed by atoms with E-state index >= 15 is 0 Å². The summed E-state index contributed by atoms with van der Waals surface area (Å²) in [5.74, 6) is 1.40. The Balaban J connectivity index is 2.90. The van der Waals surface area contributed by atoms with Gasteiger partial charge in [0.2, 0.25) is 5.95 Å². The minimum Gasteiger partial charge on any atom is -0.389 e. The number of likely N-dealkylation sites (N-methyl/N-ethyl adjacent to an activating group) is 1. The average molecular weight is 224 g/mol. The van der Waals surface area contributed by atoms with Crippen LogP contribution in [0.1, 0.15) is 19.5 Å². The SMILES string of the molecule is CNc1nc(C)cc(N(C)CC(C)(C)O)n1. The number of aryl methyl sites for hydroxylation is 1. The second kappa shape index (κ2) is 4.65. The third-order valence-corrected chi connectivity index (χ3v) is 2.08. The number of aromatic nitrogens is 2. The number of aliphatic hydroxyl groups is 1. The van der Waals surface area contributed by atoms with E-state index in [0.29, 0.717) is 12.5 Å². The van der Waals surface area contributed by atoms with Gasteiger partial charge in [-0.2, -0.15) is 4.98 Å². The van der Waals surface area contributed by atoms with Crippen LogP contribution < -0.4 is 10.2 Å². The summed E-state index contributed by atoms with van der Waals surface area (Å²) in [5, 5.41) is 12.7. The lowest BCUT2D eigenvalue weighted by Crippen LogP contribution is -2.36. The fraction of sp³-hybridized carbons (Fsp3) is 0.636. The second-order valence-electron chi connectivity index (χ2n) is 4.61. The molecule has 0 aliphatic heterocycles. The summed E-state index contributed by atoms with van der Waals surface area (Å²) in [7, 11) is 3.69. The van der Waals surface area contributed by atoms with Gasteiger partial charge in [-0.15, -0.1) is 0 Å². The third kappa shape index (κ3) is 3.66. The van der Waals surface area contributed by atoms with E-state index in [4.69, 9.17) is 0 Å². The summed E-state index contributed by atoms with van der Waals surface area (Å²) in [4.78, 5) is 10.5. The molecule has 2 N–H and O–H groups in total. The highest BCUT2D eigenvalue weighted by Gasteiger charge is 2.17. The van der Waals surface area contributed by atoms with Crippen LogP contribution >= 0.6 is 0 Å². The van der Waals surface area contributed by atoms with E-state index in [1.54, 1.807) is 20.9 Å². The van der Waals surface area contributed by atoms with Crippen LogP contribution in [-0.2, 0) is 0 Å². The summed E-state index contributed by atoms with van der Waals surface area (Å²) >= 11 is 0. The quantitative estimate of drug-likeness (QED) is 0.800. The molecular weight excluding hydrogens is 204 g/mol. The maximum atomic E-state index is 9.74. The van der Waals surface area contributed by atoms with Gasteiger partial charge in [-0.25, -0.2) is 4.98 Å². The molecule has 1 heterocycles. The van der Waals surface area contributed by atoms with E-state index in [2.05, 4.69) is 15.3 Å². The Bertz CT molecular complexity index is 359.